The van der Waals surface area contributed by atoms with E-state index in [2.05, 4.69) is 48.9 Å². The molecule has 1 atom stereocenters. The first-order valence-electron chi connectivity index (χ1n) is 6.79. The van der Waals surface area contributed by atoms with E-state index < -0.39 is 0 Å². The first-order chi connectivity index (χ1) is 9.23. The quantitative estimate of drug-likeness (QED) is 0.638. The minimum absolute atomic E-state index is 0.0660. The highest BCUT2D eigenvalue weighted by Crippen LogP contribution is 2.34. The summed E-state index contributed by atoms with van der Waals surface area (Å²) in [5.41, 5.74) is 0.0660. The topological polar surface area (TPSA) is 21.3 Å². The Kier molecular flexibility index (Phi) is 7.13. The molecule has 0 heterocycles. The monoisotopic (exact) mass is 381 g/mol. The molecule has 20 heavy (non-hydrogen) atoms. The van der Waals surface area contributed by atoms with E-state index in [1.54, 1.807) is 12.1 Å². The van der Waals surface area contributed by atoms with Crippen molar-refractivity contribution in [2.45, 2.75) is 52.2 Å². The molecule has 0 aliphatic rings. The van der Waals surface area contributed by atoms with Crippen molar-refractivity contribution in [3.63, 3.8) is 0 Å². The van der Waals surface area contributed by atoms with Gasteiger partial charge in [0, 0.05) is 22.6 Å². The van der Waals surface area contributed by atoms with Gasteiger partial charge in [-0.3, -0.25) is 0 Å². The van der Waals surface area contributed by atoms with E-state index in [0.29, 0.717) is 15.8 Å². The summed E-state index contributed by atoms with van der Waals surface area (Å²) in [6.07, 6.45) is 2.10. The van der Waals surface area contributed by atoms with E-state index in [4.69, 9.17) is 27.9 Å². The van der Waals surface area contributed by atoms with Gasteiger partial charge >= 0.3 is 0 Å². The molecule has 1 aromatic carbocycles. The predicted molar refractivity (Wildman–Crippen MR) is 91.2 cm³/mol. The van der Waals surface area contributed by atoms with Gasteiger partial charge in [-0.05, 0) is 49.2 Å². The predicted octanol–water partition coefficient (Wildman–Crippen LogP) is 5.69. The lowest BCUT2D eigenvalue weighted by Crippen LogP contribution is -2.42. The molecule has 0 amide bonds. The summed E-state index contributed by atoms with van der Waals surface area (Å²) in [6, 6.07) is 3.52. The second-order valence-electron chi connectivity index (χ2n) is 5.86. The van der Waals surface area contributed by atoms with Gasteiger partial charge in [0.25, 0.3) is 0 Å². The Morgan fingerprint density at radius 3 is 2.45 bits per heavy atom. The van der Waals surface area contributed by atoms with E-state index in [9.17, 15) is 0 Å². The van der Waals surface area contributed by atoms with Gasteiger partial charge in [0.15, 0.2) is 0 Å². The van der Waals surface area contributed by atoms with Crippen LogP contribution >= 0.6 is 39.1 Å². The van der Waals surface area contributed by atoms with Gasteiger partial charge in [-0.1, -0.05) is 36.5 Å². The number of ether oxygens (including phenoxy) is 1. The Labute approximate surface area is 140 Å². The number of hydrogen-bond acceptors (Lipinski definition) is 2. The Bertz CT molecular complexity index is 446. The smallest absolute Gasteiger partial charge is 0.139 e. The maximum Gasteiger partial charge on any atom is 0.139 e. The maximum atomic E-state index is 6.20. The van der Waals surface area contributed by atoms with Crippen LogP contribution in [0.1, 0.15) is 40.5 Å². The molecule has 0 bridgehead atoms. The van der Waals surface area contributed by atoms with E-state index >= 15 is 0 Å². The van der Waals surface area contributed by atoms with Crippen LogP contribution in [0.25, 0.3) is 0 Å². The molecule has 0 aliphatic heterocycles. The average molecular weight is 383 g/mol. The molecule has 0 fully saturated rings. The van der Waals surface area contributed by atoms with Crippen LogP contribution in [0.4, 0.5) is 0 Å². The zero-order chi connectivity index (χ0) is 15.3. The molecular weight excluding hydrogens is 361 g/mol. The largest absolute Gasteiger partial charge is 0.487 e. The summed E-state index contributed by atoms with van der Waals surface area (Å²) in [6.45, 7) is 9.34. The number of benzene rings is 1. The van der Waals surface area contributed by atoms with Crippen LogP contribution < -0.4 is 10.1 Å². The molecule has 0 spiro atoms. The van der Waals surface area contributed by atoms with E-state index in [-0.39, 0.29) is 11.6 Å². The van der Waals surface area contributed by atoms with Crippen molar-refractivity contribution < 1.29 is 4.74 Å². The van der Waals surface area contributed by atoms with Crippen LogP contribution in [-0.4, -0.2) is 18.2 Å². The number of rotatable bonds is 6. The zero-order valence-electron chi connectivity index (χ0n) is 12.4. The lowest BCUT2D eigenvalue weighted by atomic mass is 10.1. The van der Waals surface area contributed by atoms with Crippen LogP contribution in [-0.2, 0) is 0 Å². The third-order valence-corrected chi connectivity index (χ3v) is 4.23. The molecular formula is C15H22BrCl2NO. The molecule has 0 aliphatic carbocycles. The average Bonchev–Trinajstić information content (AvgIpc) is 2.32. The van der Waals surface area contributed by atoms with Crippen LogP contribution in [0.5, 0.6) is 5.75 Å². The second kappa shape index (κ2) is 7.88. The highest BCUT2D eigenvalue weighted by atomic mass is 79.9. The fraction of sp³-hybridized carbons (Fsp3) is 0.600. The Morgan fingerprint density at radius 1 is 1.25 bits per heavy atom. The van der Waals surface area contributed by atoms with Crippen LogP contribution in [0, 0.1) is 0 Å². The zero-order valence-corrected chi connectivity index (χ0v) is 15.5. The van der Waals surface area contributed by atoms with Crippen molar-refractivity contribution in [3.05, 3.63) is 26.7 Å². The minimum atomic E-state index is 0.0660. The number of halogens is 3. The maximum absolute atomic E-state index is 6.20. The van der Waals surface area contributed by atoms with Gasteiger partial charge in [-0.15, -0.1) is 0 Å². The number of hydrogen-bond donors (Lipinski definition) is 1. The highest BCUT2D eigenvalue weighted by molar-refractivity contribution is 9.10. The molecule has 0 saturated heterocycles. The van der Waals surface area contributed by atoms with Crippen molar-refractivity contribution in [1.29, 1.82) is 0 Å². The first-order valence-corrected chi connectivity index (χ1v) is 8.34. The van der Waals surface area contributed by atoms with Gasteiger partial charge < -0.3 is 10.1 Å². The molecule has 0 aromatic heterocycles. The van der Waals surface area contributed by atoms with Gasteiger partial charge in [-0.25, -0.2) is 0 Å². The lowest BCUT2D eigenvalue weighted by molar-refractivity contribution is 0.175. The molecule has 1 N–H and O–H groups in total. The van der Waals surface area contributed by atoms with Crippen molar-refractivity contribution in [2.75, 3.05) is 6.54 Å². The molecule has 0 radical (unpaired) electrons. The first kappa shape index (κ1) is 18.1. The molecule has 5 heteroatoms. The molecule has 2 nitrogen and oxygen atoms in total. The summed E-state index contributed by atoms with van der Waals surface area (Å²) in [5.74, 6) is 0.633. The summed E-state index contributed by atoms with van der Waals surface area (Å²) < 4.78 is 6.79. The van der Waals surface area contributed by atoms with Gasteiger partial charge in [0.05, 0.1) is 10.0 Å². The summed E-state index contributed by atoms with van der Waals surface area (Å²) >= 11 is 15.6. The molecule has 1 aromatic rings. The number of nitrogens with one attached hydrogen (secondary N) is 1. The molecule has 1 rings (SSSR count). The Morgan fingerprint density at radius 2 is 1.90 bits per heavy atom. The summed E-state index contributed by atoms with van der Waals surface area (Å²) in [5, 5.41) is 4.63. The van der Waals surface area contributed by atoms with E-state index in [1.807, 2.05) is 0 Å². The highest BCUT2D eigenvalue weighted by Gasteiger charge is 2.17. The van der Waals surface area contributed by atoms with Gasteiger partial charge in [0.2, 0.25) is 0 Å². The van der Waals surface area contributed by atoms with E-state index in [0.717, 1.165) is 23.9 Å². The van der Waals surface area contributed by atoms with E-state index in [1.165, 1.54) is 0 Å². The molecule has 114 valence electrons. The minimum Gasteiger partial charge on any atom is -0.487 e. The van der Waals surface area contributed by atoms with Crippen molar-refractivity contribution in [1.82, 2.24) is 5.32 Å². The molecule has 1 unspecified atom stereocenters. The fourth-order valence-corrected chi connectivity index (χ4v) is 2.56. The lowest BCUT2D eigenvalue weighted by Gasteiger charge is -2.26. The second-order valence-corrected chi connectivity index (χ2v) is 7.52. The fourth-order valence-electron chi connectivity index (χ4n) is 1.72. The van der Waals surface area contributed by atoms with Crippen molar-refractivity contribution in [2.24, 2.45) is 0 Å². The van der Waals surface area contributed by atoms with Crippen molar-refractivity contribution >= 4 is 39.1 Å². The Balaban J connectivity index is 2.77. The normalized spacial score (nSPS) is 13.3. The standard InChI is InChI=1S/C15H22BrCl2NO/c1-5-6-10(9-19-15(2,3)4)20-14-8-12(17)11(16)7-13(14)18/h7-8,10,19H,5-6,9H2,1-4H3. The Hall–Kier alpha value is 0.0400. The van der Waals surface area contributed by atoms with Crippen molar-refractivity contribution in [3.8, 4) is 5.75 Å². The third-order valence-electron chi connectivity index (χ3n) is 2.74. The van der Waals surface area contributed by atoms with Crippen LogP contribution in [0.2, 0.25) is 10.0 Å². The van der Waals surface area contributed by atoms with Crippen LogP contribution in [0.15, 0.2) is 16.6 Å². The summed E-state index contributed by atoms with van der Waals surface area (Å²) in [7, 11) is 0. The third kappa shape index (κ3) is 6.21. The van der Waals surface area contributed by atoms with Gasteiger partial charge in [-0.2, -0.15) is 0 Å². The van der Waals surface area contributed by atoms with Crippen LogP contribution in [0.3, 0.4) is 0 Å². The SMILES string of the molecule is CCCC(CNC(C)(C)C)Oc1cc(Cl)c(Br)cc1Cl. The van der Waals surface area contributed by atoms with Gasteiger partial charge in [0.1, 0.15) is 11.9 Å². The molecule has 0 saturated carbocycles. The summed E-state index contributed by atoms with van der Waals surface area (Å²) in [4.78, 5) is 0.